The summed E-state index contributed by atoms with van der Waals surface area (Å²) in [5.41, 5.74) is 4.51. The fourth-order valence-corrected chi connectivity index (χ4v) is 5.08. The van der Waals surface area contributed by atoms with Gasteiger partial charge in [-0.25, -0.2) is 8.70 Å². The molecule has 2 heterocycles. The molecule has 3 aromatic rings. The average molecular weight is 374 g/mol. The molecule has 1 aliphatic heterocycles. The van der Waals surface area contributed by atoms with Gasteiger partial charge < -0.3 is 4.98 Å². The average Bonchev–Trinajstić information content (AvgIpc) is 3.16. The van der Waals surface area contributed by atoms with Crippen LogP contribution in [0.4, 0.5) is 4.39 Å². The topological polar surface area (TPSA) is 31.1 Å². The van der Waals surface area contributed by atoms with Gasteiger partial charge in [-0.1, -0.05) is 18.0 Å². The molecule has 25 heavy (non-hydrogen) atoms. The molecule has 6 heteroatoms. The Balaban J connectivity index is 1.64. The standard InChI is InChI=1S/C19H20FN3S2/c1-12-16-9-13(3-6-19(16)25-23(12)7-8-24-21-2)17-11-22-18-10-14(20)4-5-15(17)18/h3-6,9-12,21-22H,7-8H2,1-2H3. The van der Waals surface area contributed by atoms with Crippen molar-refractivity contribution in [3.8, 4) is 11.1 Å². The van der Waals surface area contributed by atoms with Gasteiger partial charge in [0.05, 0.1) is 0 Å². The maximum absolute atomic E-state index is 13.4. The van der Waals surface area contributed by atoms with Crippen molar-refractivity contribution in [3.63, 3.8) is 0 Å². The lowest BCUT2D eigenvalue weighted by Crippen LogP contribution is -2.18. The van der Waals surface area contributed by atoms with Crippen LogP contribution in [0.25, 0.3) is 22.0 Å². The van der Waals surface area contributed by atoms with Crippen LogP contribution in [0.15, 0.2) is 47.5 Å². The third-order valence-corrected chi connectivity index (χ3v) is 6.60. The van der Waals surface area contributed by atoms with Crippen molar-refractivity contribution < 1.29 is 4.39 Å². The zero-order valence-corrected chi connectivity index (χ0v) is 15.8. The summed E-state index contributed by atoms with van der Waals surface area (Å²) in [6, 6.07) is 12.0. The Hall–Kier alpha value is -1.47. The second-order valence-corrected chi connectivity index (χ2v) is 8.30. The van der Waals surface area contributed by atoms with E-state index in [1.54, 1.807) is 18.0 Å². The molecule has 2 aromatic carbocycles. The Labute approximate surface area is 155 Å². The molecule has 0 fully saturated rings. The van der Waals surface area contributed by atoms with E-state index in [2.05, 4.69) is 39.1 Å². The fraction of sp³-hybridized carbons (Fsp3) is 0.263. The normalized spacial score (nSPS) is 17.3. The Morgan fingerprint density at radius 1 is 1.28 bits per heavy atom. The van der Waals surface area contributed by atoms with Crippen LogP contribution in [-0.2, 0) is 0 Å². The number of aromatic nitrogens is 1. The van der Waals surface area contributed by atoms with Gasteiger partial charge in [0.15, 0.2) is 0 Å². The molecule has 0 saturated heterocycles. The number of nitrogens with one attached hydrogen (secondary N) is 2. The Morgan fingerprint density at radius 2 is 2.16 bits per heavy atom. The number of hydrogen-bond donors (Lipinski definition) is 2. The SMILES string of the molecule is CNSCCN1Sc2ccc(-c3c[nH]c4cc(F)ccc34)cc2C1C. The maximum atomic E-state index is 13.4. The first-order chi connectivity index (χ1) is 12.2. The van der Waals surface area contributed by atoms with Crippen molar-refractivity contribution >= 4 is 34.8 Å². The van der Waals surface area contributed by atoms with E-state index in [1.165, 1.54) is 22.1 Å². The highest BCUT2D eigenvalue weighted by Crippen LogP contribution is 2.45. The Morgan fingerprint density at radius 3 is 3.00 bits per heavy atom. The first-order valence-corrected chi connectivity index (χ1v) is 10.1. The number of H-pyrrole nitrogens is 1. The molecule has 1 aliphatic rings. The highest BCUT2D eigenvalue weighted by molar-refractivity contribution is 7.98. The largest absolute Gasteiger partial charge is 0.360 e. The van der Waals surface area contributed by atoms with E-state index in [9.17, 15) is 4.39 Å². The monoisotopic (exact) mass is 373 g/mol. The number of aromatic amines is 1. The van der Waals surface area contributed by atoms with E-state index in [-0.39, 0.29) is 5.82 Å². The second kappa shape index (κ2) is 7.03. The lowest BCUT2D eigenvalue weighted by atomic mass is 9.99. The first kappa shape index (κ1) is 17.0. The van der Waals surface area contributed by atoms with Gasteiger partial charge in [-0.3, -0.25) is 4.72 Å². The van der Waals surface area contributed by atoms with Crippen LogP contribution in [0, 0.1) is 5.82 Å². The van der Waals surface area contributed by atoms with E-state index in [0.29, 0.717) is 6.04 Å². The van der Waals surface area contributed by atoms with Crippen LogP contribution in [0.1, 0.15) is 18.5 Å². The molecule has 0 saturated carbocycles. The smallest absolute Gasteiger partial charge is 0.125 e. The number of halogens is 1. The van der Waals surface area contributed by atoms with Crippen LogP contribution >= 0.6 is 23.9 Å². The van der Waals surface area contributed by atoms with Crippen LogP contribution in [0.3, 0.4) is 0 Å². The summed E-state index contributed by atoms with van der Waals surface area (Å²) in [5, 5.41) is 1.06. The molecule has 4 rings (SSSR count). The number of rotatable bonds is 5. The molecule has 0 radical (unpaired) electrons. The predicted octanol–water partition coefficient (Wildman–Crippen LogP) is 5.23. The van der Waals surface area contributed by atoms with Gasteiger partial charge in [-0.05, 0) is 67.4 Å². The zero-order chi connectivity index (χ0) is 17.4. The quantitative estimate of drug-likeness (QED) is 0.474. The second-order valence-electron chi connectivity index (χ2n) is 6.11. The molecule has 130 valence electrons. The molecule has 0 bridgehead atoms. The summed E-state index contributed by atoms with van der Waals surface area (Å²) in [6.45, 7) is 3.30. The van der Waals surface area contributed by atoms with Crippen molar-refractivity contribution in [1.29, 1.82) is 0 Å². The van der Waals surface area contributed by atoms with Crippen LogP contribution in [0.2, 0.25) is 0 Å². The van der Waals surface area contributed by atoms with E-state index in [4.69, 9.17) is 0 Å². The molecule has 3 nitrogen and oxygen atoms in total. The number of fused-ring (bicyclic) bond motifs is 2. The van der Waals surface area contributed by atoms with Crippen LogP contribution < -0.4 is 4.72 Å². The molecule has 0 spiro atoms. The molecule has 0 aliphatic carbocycles. The summed E-state index contributed by atoms with van der Waals surface area (Å²) in [6.07, 6.45) is 1.97. The van der Waals surface area contributed by atoms with Gasteiger partial charge in [0.2, 0.25) is 0 Å². The minimum Gasteiger partial charge on any atom is -0.360 e. The summed E-state index contributed by atoms with van der Waals surface area (Å²) in [4.78, 5) is 4.51. The summed E-state index contributed by atoms with van der Waals surface area (Å²) >= 11 is 3.58. The third-order valence-electron chi connectivity index (χ3n) is 4.62. The summed E-state index contributed by atoms with van der Waals surface area (Å²) < 4.78 is 19.0. The zero-order valence-electron chi connectivity index (χ0n) is 14.2. The van der Waals surface area contributed by atoms with Crippen molar-refractivity contribution in [3.05, 3.63) is 54.0 Å². The van der Waals surface area contributed by atoms with Gasteiger partial charge in [0.25, 0.3) is 0 Å². The van der Waals surface area contributed by atoms with Crippen molar-refractivity contribution in [1.82, 2.24) is 14.0 Å². The molecular formula is C19H20FN3S2. The van der Waals surface area contributed by atoms with Gasteiger partial charge >= 0.3 is 0 Å². The molecule has 1 aromatic heterocycles. The molecular weight excluding hydrogens is 353 g/mol. The fourth-order valence-electron chi connectivity index (χ4n) is 3.30. The minimum absolute atomic E-state index is 0.213. The lowest BCUT2D eigenvalue weighted by molar-refractivity contribution is 0.416. The van der Waals surface area contributed by atoms with Gasteiger partial charge in [0, 0.05) is 45.9 Å². The highest BCUT2D eigenvalue weighted by atomic mass is 32.2. The lowest BCUT2D eigenvalue weighted by Gasteiger charge is -2.19. The molecule has 1 unspecified atom stereocenters. The van der Waals surface area contributed by atoms with Crippen molar-refractivity contribution in [2.24, 2.45) is 0 Å². The van der Waals surface area contributed by atoms with Crippen LogP contribution in [-0.4, -0.2) is 28.6 Å². The molecule has 2 N–H and O–H groups in total. The first-order valence-electron chi connectivity index (χ1n) is 8.31. The van der Waals surface area contributed by atoms with E-state index >= 15 is 0 Å². The molecule has 1 atom stereocenters. The predicted molar refractivity (Wildman–Crippen MR) is 106 cm³/mol. The molecule has 0 amide bonds. The van der Waals surface area contributed by atoms with Gasteiger partial charge in [-0.15, -0.1) is 0 Å². The van der Waals surface area contributed by atoms with E-state index < -0.39 is 0 Å². The summed E-state index contributed by atoms with van der Waals surface area (Å²) in [7, 11) is 1.96. The van der Waals surface area contributed by atoms with Gasteiger partial charge in [-0.2, -0.15) is 0 Å². The van der Waals surface area contributed by atoms with Crippen molar-refractivity contribution in [2.45, 2.75) is 17.9 Å². The Kier molecular flexibility index (Phi) is 4.78. The highest BCUT2D eigenvalue weighted by Gasteiger charge is 2.28. The maximum Gasteiger partial charge on any atom is 0.125 e. The van der Waals surface area contributed by atoms with E-state index in [0.717, 1.165) is 28.8 Å². The van der Waals surface area contributed by atoms with Gasteiger partial charge in [0.1, 0.15) is 5.82 Å². The summed E-state index contributed by atoms with van der Waals surface area (Å²) in [5.74, 6) is 0.845. The van der Waals surface area contributed by atoms with Crippen LogP contribution in [0.5, 0.6) is 0 Å². The minimum atomic E-state index is -0.213. The Bertz CT molecular complexity index is 909. The van der Waals surface area contributed by atoms with E-state index in [1.807, 2.05) is 31.3 Å². The van der Waals surface area contributed by atoms with Crippen molar-refractivity contribution in [2.75, 3.05) is 19.3 Å². The number of nitrogens with zero attached hydrogens (tertiary/aromatic N) is 1. The number of hydrogen-bond acceptors (Lipinski definition) is 4. The number of benzene rings is 2. The third kappa shape index (κ3) is 3.19.